The Bertz CT molecular complexity index is 1040. The number of carbonyl (C=O) groups is 1. The highest BCUT2D eigenvalue weighted by molar-refractivity contribution is 7.98. The lowest BCUT2D eigenvalue weighted by Crippen LogP contribution is -2.31. The van der Waals surface area contributed by atoms with Crippen LogP contribution in [0.15, 0.2) is 53.7 Å². The molecular formula is C23H27ClN4O2S. The molecule has 1 amide bonds. The Morgan fingerprint density at radius 3 is 2.55 bits per heavy atom. The van der Waals surface area contributed by atoms with E-state index in [1.165, 1.54) is 11.8 Å². The Morgan fingerprint density at radius 1 is 1.13 bits per heavy atom. The van der Waals surface area contributed by atoms with Gasteiger partial charge in [0.05, 0.1) is 0 Å². The van der Waals surface area contributed by atoms with Crippen LogP contribution in [-0.2, 0) is 17.1 Å². The summed E-state index contributed by atoms with van der Waals surface area (Å²) in [5.41, 5.74) is 2.09. The Morgan fingerprint density at radius 2 is 1.84 bits per heavy atom. The summed E-state index contributed by atoms with van der Waals surface area (Å²) < 4.78 is 7.82. The smallest absolute Gasteiger partial charge is 0.267 e. The molecule has 0 radical (unpaired) electrons. The zero-order valence-electron chi connectivity index (χ0n) is 18.1. The average Bonchev–Trinajstić information content (AvgIpc) is 3.14. The molecule has 0 aliphatic rings. The highest BCUT2D eigenvalue weighted by Gasteiger charge is 2.21. The number of thioether (sulfide) groups is 1. The maximum atomic E-state index is 12.8. The van der Waals surface area contributed by atoms with Crippen LogP contribution >= 0.6 is 23.4 Å². The van der Waals surface area contributed by atoms with E-state index in [4.69, 9.17) is 16.3 Å². The number of aromatic nitrogens is 3. The van der Waals surface area contributed by atoms with Gasteiger partial charge < -0.3 is 4.74 Å². The van der Waals surface area contributed by atoms with Crippen molar-refractivity contribution in [1.82, 2.24) is 14.8 Å². The highest BCUT2D eigenvalue weighted by Crippen LogP contribution is 2.28. The number of para-hydroxylation sites is 1. The summed E-state index contributed by atoms with van der Waals surface area (Å²) in [6, 6.07) is 15.5. The van der Waals surface area contributed by atoms with Crippen molar-refractivity contribution in [3.8, 4) is 5.75 Å². The summed E-state index contributed by atoms with van der Waals surface area (Å²) in [4.78, 5) is 12.8. The molecule has 0 spiro atoms. The SMILES string of the molecule is CCn1c(NC(=O)C(C)Oc2ccccc2C(C)C)nnc1SCc1ccccc1Cl. The number of nitrogens with zero attached hydrogens (tertiary/aromatic N) is 3. The first kappa shape index (κ1) is 23.2. The molecule has 6 nitrogen and oxygen atoms in total. The molecule has 0 fully saturated rings. The molecule has 3 aromatic rings. The second kappa shape index (κ2) is 10.7. The van der Waals surface area contributed by atoms with Crippen molar-refractivity contribution in [1.29, 1.82) is 0 Å². The zero-order valence-corrected chi connectivity index (χ0v) is 19.7. The fraction of sp³-hybridized carbons (Fsp3) is 0.348. The van der Waals surface area contributed by atoms with E-state index in [2.05, 4.69) is 29.4 Å². The first-order chi connectivity index (χ1) is 14.9. The monoisotopic (exact) mass is 458 g/mol. The lowest BCUT2D eigenvalue weighted by atomic mass is 10.0. The van der Waals surface area contributed by atoms with Gasteiger partial charge in [-0.15, -0.1) is 10.2 Å². The first-order valence-corrected chi connectivity index (χ1v) is 11.6. The number of nitrogens with one attached hydrogen (secondary N) is 1. The van der Waals surface area contributed by atoms with Crippen LogP contribution < -0.4 is 10.1 Å². The largest absolute Gasteiger partial charge is 0.481 e. The minimum absolute atomic E-state index is 0.275. The zero-order chi connectivity index (χ0) is 22.4. The number of benzene rings is 2. The van der Waals surface area contributed by atoms with Crippen LogP contribution in [0.2, 0.25) is 5.02 Å². The molecule has 0 aliphatic carbocycles. The third-order valence-electron chi connectivity index (χ3n) is 4.80. The van der Waals surface area contributed by atoms with E-state index in [1.807, 2.05) is 60.0 Å². The number of rotatable bonds is 9. The number of hydrogen-bond acceptors (Lipinski definition) is 5. The minimum atomic E-state index is -0.680. The van der Waals surface area contributed by atoms with Crippen molar-refractivity contribution in [3.05, 3.63) is 64.7 Å². The van der Waals surface area contributed by atoms with Gasteiger partial charge in [0.25, 0.3) is 5.91 Å². The molecule has 164 valence electrons. The number of amides is 1. The normalized spacial score (nSPS) is 12.1. The lowest BCUT2D eigenvalue weighted by Gasteiger charge is -2.18. The molecule has 1 atom stereocenters. The lowest BCUT2D eigenvalue weighted by molar-refractivity contribution is -0.122. The van der Waals surface area contributed by atoms with E-state index >= 15 is 0 Å². The van der Waals surface area contributed by atoms with Gasteiger partial charge in [-0.1, -0.05) is 73.6 Å². The summed E-state index contributed by atoms with van der Waals surface area (Å²) in [7, 11) is 0. The summed E-state index contributed by atoms with van der Waals surface area (Å²) >= 11 is 7.77. The maximum absolute atomic E-state index is 12.8. The van der Waals surface area contributed by atoms with E-state index < -0.39 is 6.10 Å². The van der Waals surface area contributed by atoms with Crippen molar-refractivity contribution < 1.29 is 9.53 Å². The molecule has 0 saturated heterocycles. The molecule has 0 bridgehead atoms. The Labute approximate surface area is 192 Å². The van der Waals surface area contributed by atoms with Crippen LogP contribution in [-0.4, -0.2) is 26.8 Å². The Balaban J connectivity index is 1.67. The third-order valence-corrected chi connectivity index (χ3v) is 6.18. The van der Waals surface area contributed by atoms with Gasteiger partial charge in [-0.25, -0.2) is 0 Å². The van der Waals surface area contributed by atoms with Crippen LogP contribution in [0, 0.1) is 0 Å². The van der Waals surface area contributed by atoms with Crippen LogP contribution in [0.4, 0.5) is 5.95 Å². The number of hydrogen-bond donors (Lipinski definition) is 1. The van der Waals surface area contributed by atoms with E-state index in [0.29, 0.717) is 29.9 Å². The fourth-order valence-electron chi connectivity index (χ4n) is 3.05. The van der Waals surface area contributed by atoms with Gasteiger partial charge in [-0.2, -0.15) is 0 Å². The average molecular weight is 459 g/mol. The Hall–Kier alpha value is -2.51. The number of ether oxygens (including phenoxy) is 1. The van der Waals surface area contributed by atoms with Crippen molar-refractivity contribution in [3.63, 3.8) is 0 Å². The van der Waals surface area contributed by atoms with Crippen molar-refractivity contribution in [2.45, 2.75) is 57.2 Å². The van der Waals surface area contributed by atoms with Gasteiger partial charge in [-0.05, 0) is 43.0 Å². The summed E-state index contributed by atoms with van der Waals surface area (Å²) in [5.74, 6) is 1.81. The van der Waals surface area contributed by atoms with E-state index in [0.717, 1.165) is 21.3 Å². The molecule has 1 N–H and O–H groups in total. The topological polar surface area (TPSA) is 69.0 Å². The summed E-state index contributed by atoms with van der Waals surface area (Å²) in [6.45, 7) is 8.53. The molecule has 1 aromatic heterocycles. The maximum Gasteiger partial charge on any atom is 0.267 e. The fourth-order valence-corrected chi connectivity index (χ4v) is 4.34. The molecule has 0 saturated carbocycles. The van der Waals surface area contributed by atoms with E-state index in [1.54, 1.807) is 6.92 Å². The number of anilines is 1. The van der Waals surface area contributed by atoms with Crippen LogP contribution in [0.3, 0.4) is 0 Å². The van der Waals surface area contributed by atoms with Crippen LogP contribution in [0.25, 0.3) is 0 Å². The van der Waals surface area contributed by atoms with Crippen molar-refractivity contribution in [2.75, 3.05) is 5.32 Å². The van der Waals surface area contributed by atoms with Gasteiger partial charge in [0.15, 0.2) is 11.3 Å². The summed E-state index contributed by atoms with van der Waals surface area (Å²) in [5, 5.41) is 12.7. The van der Waals surface area contributed by atoms with Crippen molar-refractivity contribution >= 4 is 35.2 Å². The molecule has 1 heterocycles. The predicted octanol–water partition coefficient (Wildman–Crippen LogP) is 5.77. The molecule has 1 unspecified atom stereocenters. The molecular weight excluding hydrogens is 432 g/mol. The van der Waals surface area contributed by atoms with Gasteiger partial charge in [0.2, 0.25) is 5.95 Å². The van der Waals surface area contributed by atoms with Crippen LogP contribution in [0.1, 0.15) is 44.7 Å². The molecule has 2 aromatic carbocycles. The predicted molar refractivity (Wildman–Crippen MR) is 126 cm³/mol. The van der Waals surface area contributed by atoms with E-state index in [9.17, 15) is 4.79 Å². The van der Waals surface area contributed by atoms with Gasteiger partial charge in [0, 0.05) is 17.3 Å². The quantitative estimate of drug-likeness (QED) is 0.412. The number of halogens is 1. The number of carbonyl (C=O) groups excluding carboxylic acids is 1. The van der Waals surface area contributed by atoms with Gasteiger partial charge in [0.1, 0.15) is 5.75 Å². The molecule has 0 aliphatic heterocycles. The molecule has 31 heavy (non-hydrogen) atoms. The van der Waals surface area contributed by atoms with Crippen LogP contribution in [0.5, 0.6) is 5.75 Å². The van der Waals surface area contributed by atoms with E-state index in [-0.39, 0.29) is 5.91 Å². The molecule has 3 rings (SSSR count). The second-order valence-electron chi connectivity index (χ2n) is 7.37. The van der Waals surface area contributed by atoms with Gasteiger partial charge in [-0.3, -0.25) is 14.7 Å². The first-order valence-electron chi connectivity index (χ1n) is 10.3. The molecule has 8 heteroatoms. The standard InChI is InChI=1S/C23H27ClN4O2S/c1-5-28-22(26-27-23(28)31-14-17-10-6-8-12-19(17)24)25-21(29)16(4)30-20-13-9-7-11-18(20)15(2)3/h6-13,15-16H,5,14H2,1-4H3,(H,25,26,29). The minimum Gasteiger partial charge on any atom is -0.481 e. The summed E-state index contributed by atoms with van der Waals surface area (Å²) in [6.07, 6.45) is -0.680. The second-order valence-corrected chi connectivity index (χ2v) is 8.72. The third kappa shape index (κ3) is 5.80. The van der Waals surface area contributed by atoms with Crippen molar-refractivity contribution in [2.24, 2.45) is 0 Å². The Kier molecular flexibility index (Phi) is 7.98. The highest BCUT2D eigenvalue weighted by atomic mass is 35.5. The van der Waals surface area contributed by atoms with Gasteiger partial charge >= 0.3 is 0 Å².